The largest absolute Gasteiger partial charge is 0.550 e. The Kier molecular flexibility index (Phi) is 5.54. The van der Waals surface area contributed by atoms with Crippen molar-refractivity contribution in [2.75, 3.05) is 7.11 Å². The van der Waals surface area contributed by atoms with E-state index in [4.69, 9.17) is 4.74 Å². The Hall–Kier alpha value is -0.890. The number of ether oxygens (including phenoxy) is 1. The number of carboxylic acids is 1. The van der Waals surface area contributed by atoms with Gasteiger partial charge in [0.25, 0.3) is 0 Å². The van der Waals surface area contributed by atoms with E-state index in [1.54, 1.807) is 18.4 Å². The predicted octanol–water partition coefficient (Wildman–Crippen LogP) is 1.57. The average molecular weight is 393 g/mol. The summed E-state index contributed by atoms with van der Waals surface area (Å²) in [6.07, 6.45) is 0.0302. The van der Waals surface area contributed by atoms with E-state index in [0.29, 0.717) is 6.54 Å². The van der Waals surface area contributed by atoms with E-state index in [-0.39, 0.29) is 30.4 Å². The van der Waals surface area contributed by atoms with Gasteiger partial charge in [0, 0.05) is 31.4 Å². The van der Waals surface area contributed by atoms with Gasteiger partial charge in [0.15, 0.2) is 6.54 Å². The number of nitrogens with zero attached hydrogens (tertiary/aromatic N) is 1. The molecule has 0 amide bonds. The second kappa shape index (κ2) is 6.51. The SMILES string of the molecule is COc1cc2sc(C)[n+](CCC(=O)[O-])c2cc1C.I. The molecule has 0 aliphatic heterocycles. The fraction of sp³-hybridized carbons (Fsp3) is 0.385. The first-order valence-corrected chi connectivity index (χ1v) is 6.52. The fourth-order valence-electron chi connectivity index (χ4n) is 2.03. The maximum atomic E-state index is 10.6. The van der Waals surface area contributed by atoms with Gasteiger partial charge in [-0.05, 0) is 12.5 Å². The van der Waals surface area contributed by atoms with Crippen LogP contribution >= 0.6 is 35.3 Å². The van der Waals surface area contributed by atoms with E-state index < -0.39 is 5.97 Å². The second-order valence-electron chi connectivity index (χ2n) is 4.18. The number of aromatic nitrogens is 1. The molecule has 0 saturated heterocycles. The van der Waals surface area contributed by atoms with Crippen LogP contribution in [0.2, 0.25) is 0 Å². The Balaban J connectivity index is 0.00000180. The zero-order valence-electron chi connectivity index (χ0n) is 11.1. The molecule has 0 radical (unpaired) electrons. The third-order valence-corrected chi connectivity index (χ3v) is 4.01. The van der Waals surface area contributed by atoms with Crippen molar-refractivity contribution in [1.29, 1.82) is 0 Å². The highest BCUT2D eigenvalue weighted by Crippen LogP contribution is 2.28. The fourth-order valence-corrected chi connectivity index (χ4v) is 3.09. The lowest BCUT2D eigenvalue weighted by atomic mass is 10.2. The van der Waals surface area contributed by atoms with Gasteiger partial charge in [-0.3, -0.25) is 0 Å². The standard InChI is InChI=1S/C13H15NO3S.HI/c1-8-6-10-12(7-11(8)17-3)18-9(2)14(10)5-4-13(15)16;/h6-7H,4-5H2,1-3H3;1H. The van der Waals surface area contributed by atoms with Crippen molar-refractivity contribution in [2.24, 2.45) is 0 Å². The third kappa shape index (κ3) is 3.36. The normalized spacial score (nSPS) is 10.3. The van der Waals surface area contributed by atoms with Crippen molar-refractivity contribution in [3.63, 3.8) is 0 Å². The minimum absolute atomic E-state index is 0. The highest BCUT2D eigenvalue weighted by atomic mass is 127. The molecule has 0 N–H and O–H groups in total. The molecule has 0 fully saturated rings. The Labute approximate surface area is 133 Å². The van der Waals surface area contributed by atoms with Gasteiger partial charge >= 0.3 is 0 Å². The van der Waals surface area contributed by atoms with E-state index in [0.717, 1.165) is 26.5 Å². The van der Waals surface area contributed by atoms with Crippen LogP contribution in [0.15, 0.2) is 12.1 Å². The second-order valence-corrected chi connectivity index (χ2v) is 5.42. The first kappa shape index (κ1) is 16.2. The number of halogens is 1. The number of hydrogen-bond acceptors (Lipinski definition) is 4. The number of rotatable bonds is 4. The molecule has 0 bridgehead atoms. The number of aliphatic carboxylic acids is 1. The summed E-state index contributed by atoms with van der Waals surface area (Å²) in [4.78, 5) is 10.6. The molecule has 0 aliphatic rings. The van der Waals surface area contributed by atoms with Crippen molar-refractivity contribution in [3.8, 4) is 5.75 Å². The molecule has 104 valence electrons. The van der Waals surface area contributed by atoms with Crippen LogP contribution in [0.25, 0.3) is 10.2 Å². The number of hydrogen-bond donors (Lipinski definition) is 0. The number of aryl methyl sites for hydroxylation is 3. The zero-order valence-corrected chi connectivity index (χ0v) is 14.2. The van der Waals surface area contributed by atoms with Gasteiger partial charge in [0.2, 0.25) is 10.5 Å². The molecule has 2 aromatic rings. The highest BCUT2D eigenvalue weighted by Gasteiger charge is 2.18. The molecule has 0 spiro atoms. The summed E-state index contributed by atoms with van der Waals surface area (Å²) in [5.74, 6) is -0.165. The average Bonchev–Trinajstić information content (AvgIpc) is 2.60. The summed E-state index contributed by atoms with van der Waals surface area (Å²) in [6, 6.07) is 4.03. The molecule has 2 rings (SSSR count). The smallest absolute Gasteiger partial charge is 0.235 e. The topological polar surface area (TPSA) is 53.2 Å². The molecule has 0 saturated carbocycles. The number of fused-ring (bicyclic) bond motifs is 1. The van der Waals surface area contributed by atoms with Crippen molar-refractivity contribution in [3.05, 3.63) is 22.7 Å². The first-order chi connectivity index (χ1) is 8.52. The van der Waals surface area contributed by atoms with Crippen molar-refractivity contribution in [1.82, 2.24) is 0 Å². The Morgan fingerprint density at radius 1 is 1.42 bits per heavy atom. The van der Waals surface area contributed by atoms with Gasteiger partial charge in [-0.1, -0.05) is 11.3 Å². The minimum atomic E-state index is -1.02. The molecular weight excluding hydrogens is 377 g/mol. The van der Waals surface area contributed by atoms with Crippen LogP contribution in [0.4, 0.5) is 0 Å². The number of methoxy groups -OCH3 is 1. The van der Waals surface area contributed by atoms with Gasteiger partial charge in [-0.25, -0.2) is 0 Å². The minimum Gasteiger partial charge on any atom is -0.550 e. The number of carbonyl (C=O) groups is 1. The molecule has 0 aliphatic carbocycles. The Bertz CT molecular complexity index is 609. The predicted molar refractivity (Wildman–Crippen MR) is 83.1 cm³/mol. The van der Waals surface area contributed by atoms with Crippen LogP contribution in [0, 0.1) is 13.8 Å². The number of thiazole rings is 1. The Morgan fingerprint density at radius 2 is 2.11 bits per heavy atom. The molecule has 1 heterocycles. The van der Waals surface area contributed by atoms with Crippen molar-refractivity contribution in [2.45, 2.75) is 26.8 Å². The van der Waals surface area contributed by atoms with E-state index in [2.05, 4.69) is 0 Å². The number of carbonyl (C=O) groups excluding carboxylic acids is 1. The number of benzene rings is 1. The van der Waals surface area contributed by atoms with Crippen LogP contribution in [-0.2, 0) is 11.3 Å². The summed E-state index contributed by atoms with van der Waals surface area (Å²) in [5.41, 5.74) is 2.10. The number of carboxylic acid groups (broad SMARTS) is 1. The summed E-state index contributed by atoms with van der Waals surface area (Å²) < 4.78 is 8.41. The molecule has 0 unspecified atom stereocenters. The molecule has 1 aromatic carbocycles. The van der Waals surface area contributed by atoms with Crippen LogP contribution < -0.4 is 14.4 Å². The van der Waals surface area contributed by atoms with E-state index in [1.807, 2.05) is 30.5 Å². The molecule has 19 heavy (non-hydrogen) atoms. The van der Waals surface area contributed by atoms with Gasteiger partial charge in [0.05, 0.1) is 7.11 Å². The summed E-state index contributed by atoms with van der Waals surface area (Å²) in [6.45, 7) is 4.41. The van der Waals surface area contributed by atoms with Crippen molar-refractivity contribution < 1.29 is 19.2 Å². The summed E-state index contributed by atoms with van der Waals surface area (Å²) >= 11 is 1.64. The van der Waals surface area contributed by atoms with E-state index >= 15 is 0 Å². The maximum absolute atomic E-state index is 10.6. The summed E-state index contributed by atoms with van der Waals surface area (Å²) in [7, 11) is 1.65. The molecule has 6 heteroatoms. The molecule has 0 atom stereocenters. The van der Waals surface area contributed by atoms with Gasteiger partial charge in [0.1, 0.15) is 10.4 Å². The third-order valence-electron chi connectivity index (χ3n) is 2.94. The van der Waals surface area contributed by atoms with Crippen LogP contribution in [-0.4, -0.2) is 13.1 Å². The quantitative estimate of drug-likeness (QED) is 0.586. The summed E-state index contributed by atoms with van der Waals surface area (Å²) in [5, 5.41) is 11.7. The Morgan fingerprint density at radius 3 is 2.68 bits per heavy atom. The monoisotopic (exact) mass is 393 g/mol. The molecule has 4 nitrogen and oxygen atoms in total. The van der Waals surface area contributed by atoms with Crippen LogP contribution in [0.3, 0.4) is 0 Å². The first-order valence-electron chi connectivity index (χ1n) is 5.70. The van der Waals surface area contributed by atoms with E-state index in [9.17, 15) is 9.90 Å². The van der Waals surface area contributed by atoms with Gasteiger partial charge in [-0.2, -0.15) is 4.57 Å². The lowest BCUT2D eigenvalue weighted by Gasteiger charge is -2.03. The van der Waals surface area contributed by atoms with Gasteiger partial charge in [-0.15, -0.1) is 24.0 Å². The molecule has 1 aromatic heterocycles. The van der Waals surface area contributed by atoms with Crippen LogP contribution in [0.1, 0.15) is 17.0 Å². The van der Waals surface area contributed by atoms with E-state index in [1.165, 1.54) is 0 Å². The highest BCUT2D eigenvalue weighted by molar-refractivity contribution is 14.0. The van der Waals surface area contributed by atoms with Gasteiger partial charge < -0.3 is 14.6 Å². The van der Waals surface area contributed by atoms with Crippen molar-refractivity contribution >= 4 is 51.5 Å². The zero-order chi connectivity index (χ0) is 13.3. The van der Waals surface area contributed by atoms with Crippen LogP contribution in [0.5, 0.6) is 5.75 Å². The molecular formula is C13H16INO3S. The lowest BCUT2D eigenvalue weighted by molar-refractivity contribution is -0.672. The maximum Gasteiger partial charge on any atom is 0.235 e. The lowest BCUT2D eigenvalue weighted by Crippen LogP contribution is -2.38.